The van der Waals surface area contributed by atoms with Crippen LogP contribution >= 0.6 is 0 Å². The highest BCUT2D eigenvalue weighted by molar-refractivity contribution is 5.72. The van der Waals surface area contributed by atoms with Crippen molar-refractivity contribution in [3.05, 3.63) is 53.9 Å². The molecule has 1 saturated heterocycles. The van der Waals surface area contributed by atoms with Crippen LogP contribution in [0.3, 0.4) is 0 Å². The van der Waals surface area contributed by atoms with E-state index in [0.717, 1.165) is 37.9 Å². The minimum absolute atomic E-state index is 0.216. The fourth-order valence-electron chi connectivity index (χ4n) is 4.40. The SMILES string of the molecule is CC(C)(C)OC(=O)N1CC=C(c2ccc(N)nc2)CC1.CC(C)(C)OC(=O)N1CCC(c2ccc(N)nc2)CC1. The first-order valence-electron chi connectivity index (χ1n) is 13.8. The van der Waals surface area contributed by atoms with Crippen molar-refractivity contribution in [3.63, 3.8) is 0 Å². The van der Waals surface area contributed by atoms with E-state index in [9.17, 15) is 9.59 Å². The smallest absolute Gasteiger partial charge is 0.410 e. The van der Waals surface area contributed by atoms with E-state index in [0.29, 0.717) is 30.6 Å². The van der Waals surface area contributed by atoms with Crippen LogP contribution < -0.4 is 11.5 Å². The third-order valence-corrected chi connectivity index (χ3v) is 6.45. The minimum Gasteiger partial charge on any atom is -0.444 e. The molecule has 4 N–H and O–H groups in total. The lowest BCUT2D eigenvalue weighted by Crippen LogP contribution is -2.41. The Balaban J connectivity index is 0.000000220. The Kier molecular flexibility index (Phi) is 10.0. The molecule has 2 amide bonds. The molecule has 0 aliphatic carbocycles. The Morgan fingerprint density at radius 3 is 1.80 bits per heavy atom. The van der Waals surface area contributed by atoms with E-state index < -0.39 is 11.2 Å². The van der Waals surface area contributed by atoms with Crippen LogP contribution in [0.1, 0.15) is 77.8 Å². The van der Waals surface area contributed by atoms with Crippen molar-refractivity contribution in [2.24, 2.45) is 0 Å². The summed E-state index contributed by atoms with van der Waals surface area (Å²) < 4.78 is 10.8. The van der Waals surface area contributed by atoms with Gasteiger partial charge in [0, 0.05) is 38.6 Å². The van der Waals surface area contributed by atoms with Crippen molar-refractivity contribution in [1.82, 2.24) is 19.8 Å². The number of likely N-dealkylation sites (tertiary alicyclic amines) is 1. The van der Waals surface area contributed by atoms with Crippen LogP contribution in [0, 0.1) is 0 Å². The van der Waals surface area contributed by atoms with Crippen molar-refractivity contribution in [2.45, 2.75) is 77.9 Å². The summed E-state index contributed by atoms with van der Waals surface area (Å²) in [5.41, 5.74) is 13.7. The first-order chi connectivity index (χ1) is 18.7. The number of hydrogen-bond acceptors (Lipinski definition) is 8. The predicted molar refractivity (Wildman–Crippen MR) is 157 cm³/mol. The number of anilines is 2. The van der Waals surface area contributed by atoms with Gasteiger partial charge in [0.05, 0.1) is 0 Å². The van der Waals surface area contributed by atoms with Gasteiger partial charge in [-0.15, -0.1) is 0 Å². The number of nitrogens with two attached hydrogens (primary N) is 2. The fourth-order valence-corrected chi connectivity index (χ4v) is 4.40. The Bertz CT molecular complexity index is 1160. The van der Waals surface area contributed by atoms with Gasteiger partial charge in [0.1, 0.15) is 22.8 Å². The third-order valence-electron chi connectivity index (χ3n) is 6.45. The highest BCUT2D eigenvalue weighted by Crippen LogP contribution is 2.28. The zero-order chi connectivity index (χ0) is 29.5. The maximum Gasteiger partial charge on any atom is 0.410 e. The normalized spacial score (nSPS) is 16.4. The second-order valence-corrected chi connectivity index (χ2v) is 12.1. The van der Waals surface area contributed by atoms with E-state index in [1.807, 2.05) is 72.0 Å². The summed E-state index contributed by atoms with van der Waals surface area (Å²) in [6.45, 7) is 13.9. The molecule has 4 rings (SSSR count). The van der Waals surface area contributed by atoms with E-state index in [1.165, 1.54) is 11.1 Å². The van der Waals surface area contributed by atoms with E-state index in [2.05, 4.69) is 9.97 Å². The molecule has 2 aliphatic heterocycles. The van der Waals surface area contributed by atoms with Gasteiger partial charge in [0.25, 0.3) is 0 Å². The lowest BCUT2D eigenvalue weighted by atomic mass is 9.91. The molecule has 218 valence electrons. The van der Waals surface area contributed by atoms with E-state index in [1.54, 1.807) is 22.1 Å². The molecule has 0 unspecified atom stereocenters. The number of ether oxygens (including phenoxy) is 2. The van der Waals surface area contributed by atoms with Crippen molar-refractivity contribution in [2.75, 3.05) is 37.6 Å². The van der Waals surface area contributed by atoms with Crippen LogP contribution in [-0.4, -0.2) is 69.3 Å². The summed E-state index contributed by atoms with van der Waals surface area (Å²) in [7, 11) is 0. The monoisotopic (exact) mass is 552 g/mol. The number of amides is 2. The molecular formula is C30H44N6O4. The zero-order valence-corrected chi connectivity index (χ0v) is 24.6. The van der Waals surface area contributed by atoms with Crippen LogP contribution in [-0.2, 0) is 9.47 Å². The molecule has 40 heavy (non-hydrogen) atoms. The summed E-state index contributed by atoms with van der Waals surface area (Å²) in [6, 6.07) is 7.60. The van der Waals surface area contributed by atoms with Crippen molar-refractivity contribution < 1.29 is 19.1 Å². The minimum atomic E-state index is -0.456. The summed E-state index contributed by atoms with van der Waals surface area (Å²) in [6.07, 6.45) is 7.84. The van der Waals surface area contributed by atoms with Crippen molar-refractivity contribution in [1.29, 1.82) is 0 Å². The topological polar surface area (TPSA) is 137 Å². The first kappa shape index (κ1) is 30.7. The van der Waals surface area contributed by atoms with Gasteiger partial charge >= 0.3 is 12.2 Å². The van der Waals surface area contributed by atoms with Crippen LogP contribution in [0.5, 0.6) is 0 Å². The Labute approximate surface area is 237 Å². The standard InChI is InChI=1S/C15H23N3O2.C15H21N3O2/c2*1-15(2,3)20-14(19)18-8-6-11(7-9-18)12-4-5-13(16)17-10-12/h4-5,10-11H,6-9H2,1-3H3,(H2,16,17);4-6,10H,7-9H2,1-3H3,(H2,16,17). The molecule has 2 aliphatic rings. The lowest BCUT2D eigenvalue weighted by Gasteiger charge is -2.33. The van der Waals surface area contributed by atoms with Gasteiger partial charge in [-0.05, 0) is 102 Å². The Hall–Kier alpha value is -3.82. The van der Waals surface area contributed by atoms with Gasteiger partial charge in [0.2, 0.25) is 0 Å². The molecule has 0 radical (unpaired) electrons. The Morgan fingerprint density at radius 2 is 1.35 bits per heavy atom. The number of carbonyl (C=O) groups is 2. The van der Waals surface area contributed by atoms with Crippen LogP contribution in [0.25, 0.3) is 5.57 Å². The molecule has 0 atom stereocenters. The largest absolute Gasteiger partial charge is 0.444 e. The van der Waals surface area contributed by atoms with E-state index in [-0.39, 0.29) is 12.2 Å². The van der Waals surface area contributed by atoms with Gasteiger partial charge in [-0.25, -0.2) is 19.6 Å². The molecule has 0 spiro atoms. The van der Waals surface area contributed by atoms with Gasteiger partial charge < -0.3 is 30.7 Å². The molecule has 2 aromatic heterocycles. The average Bonchev–Trinajstić information content (AvgIpc) is 2.88. The molecule has 0 saturated carbocycles. The molecule has 0 aromatic carbocycles. The zero-order valence-electron chi connectivity index (χ0n) is 24.6. The van der Waals surface area contributed by atoms with Crippen LogP contribution in [0.4, 0.5) is 21.2 Å². The van der Waals surface area contributed by atoms with Gasteiger partial charge in [-0.2, -0.15) is 0 Å². The van der Waals surface area contributed by atoms with E-state index >= 15 is 0 Å². The maximum absolute atomic E-state index is 12.0. The molecule has 2 aromatic rings. The molecule has 1 fully saturated rings. The quantitative estimate of drug-likeness (QED) is 0.501. The lowest BCUT2D eigenvalue weighted by molar-refractivity contribution is 0.0203. The third kappa shape index (κ3) is 9.73. The molecule has 4 heterocycles. The number of nitrogens with zero attached hydrogens (tertiary/aromatic N) is 4. The summed E-state index contributed by atoms with van der Waals surface area (Å²) in [4.78, 5) is 35.6. The van der Waals surface area contributed by atoms with Crippen molar-refractivity contribution >= 4 is 29.4 Å². The number of aromatic nitrogens is 2. The number of rotatable bonds is 2. The summed E-state index contributed by atoms with van der Waals surface area (Å²) in [5.74, 6) is 1.50. The predicted octanol–water partition coefficient (Wildman–Crippen LogP) is 5.47. The summed E-state index contributed by atoms with van der Waals surface area (Å²) >= 11 is 0. The molecule has 0 bridgehead atoms. The molecular weight excluding hydrogens is 508 g/mol. The van der Waals surface area contributed by atoms with Gasteiger partial charge in [-0.1, -0.05) is 12.1 Å². The highest BCUT2D eigenvalue weighted by atomic mass is 16.6. The summed E-state index contributed by atoms with van der Waals surface area (Å²) in [5, 5.41) is 0. The highest BCUT2D eigenvalue weighted by Gasteiger charge is 2.27. The molecule has 10 heteroatoms. The van der Waals surface area contributed by atoms with Crippen molar-refractivity contribution in [3.8, 4) is 0 Å². The van der Waals surface area contributed by atoms with Gasteiger partial charge in [-0.3, -0.25) is 0 Å². The second-order valence-electron chi connectivity index (χ2n) is 12.1. The number of piperidine rings is 1. The number of pyridine rings is 2. The number of nitrogen functional groups attached to an aromatic ring is 2. The average molecular weight is 553 g/mol. The van der Waals surface area contributed by atoms with E-state index in [4.69, 9.17) is 20.9 Å². The van der Waals surface area contributed by atoms with Gasteiger partial charge in [0.15, 0.2) is 0 Å². The second kappa shape index (κ2) is 13.0. The Morgan fingerprint density at radius 1 is 0.800 bits per heavy atom. The number of carbonyl (C=O) groups excluding carboxylic acids is 2. The number of hydrogen-bond donors (Lipinski definition) is 2. The maximum atomic E-state index is 12.0. The fraction of sp³-hybridized carbons (Fsp3) is 0.533. The van der Waals surface area contributed by atoms with Crippen LogP contribution in [0.2, 0.25) is 0 Å². The molecule has 10 nitrogen and oxygen atoms in total. The first-order valence-corrected chi connectivity index (χ1v) is 13.8. The van der Waals surface area contributed by atoms with Crippen LogP contribution in [0.15, 0.2) is 42.7 Å².